The molecule has 18 nitrogen and oxygen atoms in total. The molecule has 0 unspecified atom stereocenters. The van der Waals surface area contributed by atoms with Gasteiger partial charge in [-0.05, 0) is 38.5 Å². The molecule has 2 aliphatic heterocycles. The molecule has 3 amide bonds. The summed E-state index contributed by atoms with van der Waals surface area (Å²) >= 11 is 9.53. The first-order chi connectivity index (χ1) is 28.0. The van der Waals surface area contributed by atoms with Crippen LogP contribution in [0.5, 0.6) is 0 Å². The van der Waals surface area contributed by atoms with E-state index >= 15 is 0 Å². The van der Waals surface area contributed by atoms with Crippen LogP contribution in [0.15, 0.2) is 37.2 Å². The lowest BCUT2D eigenvalue weighted by Gasteiger charge is -2.43. The van der Waals surface area contributed by atoms with Crippen LogP contribution in [0.4, 0.5) is 23.0 Å². The molecule has 0 saturated heterocycles. The van der Waals surface area contributed by atoms with Crippen LogP contribution in [-0.2, 0) is 9.59 Å². The van der Waals surface area contributed by atoms with Crippen molar-refractivity contribution in [2.24, 2.45) is 0 Å². The van der Waals surface area contributed by atoms with Crippen molar-refractivity contribution < 1.29 is 24.3 Å². The van der Waals surface area contributed by atoms with Crippen molar-refractivity contribution in [2.45, 2.75) is 110 Å². The summed E-state index contributed by atoms with van der Waals surface area (Å²) in [5.74, 6) is 1.03. The molecular formula is C39H53Cl2N13O5. The SMILES string of the molecule is C.CC[C@@H]1C(=O)N(C)c2cnc(-n3cc(C(=O)NC)cn3)nc2N1C1CCCC1.CC[C@@H]1C(=O)N(C)c2cnc(-n3cc(C(=O)O)cn3)nc2N1C1CCCC1.ClCCl. The van der Waals surface area contributed by atoms with Gasteiger partial charge in [0, 0.05) is 45.6 Å². The van der Waals surface area contributed by atoms with Gasteiger partial charge in [0.15, 0.2) is 11.6 Å². The number of hydrogen-bond donors (Lipinski definition) is 2. The van der Waals surface area contributed by atoms with E-state index in [2.05, 4.69) is 35.3 Å². The van der Waals surface area contributed by atoms with Crippen LogP contribution in [0, 0.1) is 0 Å². The number of carboxylic acids is 1. The van der Waals surface area contributed by atoms with Crippen LogP contribution in [0.1, 0.15) is 106 Å². The predicted octanol–water partition coefficient (Wildman–Crippen LogP) is 5.45. The third-order valence-corrected chi connectivity index (χ3v) is 11.1. The summed E-state index contributed by atoms with van der Waals surface area (Å²) in [5, 5.41) is 20.2. The molecule has 2 aliphatic carbocycles. The summed E-state index contributed by atoms with van der Waals surface area (Å²) in [4.78, 5) is 74.5. The molecule has 0 spiro atoms. The molecule has 0 aromatic carbocycles. The Kier molecular flexibility index (Phi) is 14.9. The van der Waals surface area contributed by atoms with Crippen molar-refractivity contribution >= 4 is 69.9 Å². The van der Waals surface area contributed by atoms with E-state index < -0.39 is 5.97 Å². The fourth-order valence-electron chi connectivity index (χ4n) is 8.21. The van der Waals surface area contributed by atoms with Crippen molar-refractivity contribution in [2.75, 3.05) is 46.1 Å². The van der Waals surface area contributed by atoms with Crippen LogP contribution >= 0.6 is 23.2 Å². The summed E-state index contributed by atoms with van der Waals surface area (Å²) in [6.07, 6.45) is 19.3. The Morgan fingerprint density at radius 1 is 0.729 bits per heavy atom. The van der Waals surface area contributed by atoms with Crippen molar-refractivity contribution in [3.63, 3.8) is 0 Å². The van der Waals surface area contributed by atoms with Gasteiger partial charge in [0.1, 0.15) is 23.5 Å². The van der Waals surface area contributed by atoms with E-state index in [9.17, 15) is 19.2 Å². The molecule has 2 fully saturated rings. The van der Waals surface area contributed by atoms with E-state index in [1.165, 1.54) is 40.8 Å². The Hall–Kier alpha value is -5.36. The third kappa shape index (κ3) is 8.98. The Labute approximate surface area is 353 Å². The molecule has 8 rings (SSSR count). The zero-order chi connectivity index (χ0) is 41.7. The number of alkyl halides is 2. The van der Waals surface area contributed by atoms with Gasteiger partial charge in [0.05, 0.1) is 41.3 Å². The highest BCUT2D eigenvalue weighted by Crippen LogP contribution is 2.41. The van der Waals surface area contributed by atoms with E-state index in [1.54, 1.807) is 49.5 Å². The van der Waals surface area contributed by atoms with E-state index in [4.69, 9.17) is 38.3 Å². The number of anilines is 4. The van der Waals surface area contributed by atoms with Crippen molar-refractivity contribution in [3.8, 4) is 11.9 Å². The Morgan fingerprint density at radius 3 is 1.47 bits per heavy atom. The second-order valence-corrected chi connectivity index (χ2v) is 15.2. The molecule has 2 atom stereocenters. The topological polar surface area (TPSA) is 201 Å². The maximum Gasteiger partial charge on any atom is 0.338 e. The third-order valence-electron chi connectivity index (χ3n) is 11.1. The number of nitrogens with one attached hydrogen (secondary N) is 1. The maximum atomic E-state index is 12.9. The van der Waals surface area contributed by atoms with Crippen molar-refractivity contribution in [1.29, 1.82) is 0 Å². The number of carboxylic acid groups (broad SMARTS) is 1. The molecule has 4 aromatic rings. The van der Waals surface area contributed by atoms with Gasteiger partial charge < -0.3 is 30.0 Å². The Balaban J connectivity index is 0.000000207. The standard InChI is InChI=1S/C19H25N7O2.C18H22N6O3.CH2Cl2.CH4/c1-4-14-18(28)24(3)15-10-21-19(25-11-12(9-22-25)17(27)20-2)23-16(15)26(14)13-7-5-6-8-13;1-3-13-16(25)22(2)14-9-19-18(23-10-11(8-20-23)17(26)27)21-15(14)24(13)12-6-4-5-7-12;2-1-3;/h9-11,13-14H,4-8H2,1-3H3,(H,20,27);8-10,12-13H,3-7H2,1-2H3,(H,26,27);1H2;1H4/t14-;13-;;/m11../s1. The minimum Gasteiger partial charge on any atom is -0.478 e. The molecule has 20 heteroatoms. The second-order valence-electron chi connectivity index (χ2n) is 14.4. The lowest BCUT2D eigenvalue weighted by molar-refractivity contribution is -0.120. The van der Waals surface area contributed by atoms with Crippen LogP contribution in [0.2, 0.25) is 0 Å². The average molecular weight is 855 g/mol. The van der Waals surface area contributed by atoms with Gasteiger partial charge >= 0.3 is 5.97 Å². The average Bonchev–Trinajstić information content (AvgIpc) is 4.09. The summed E-state index contributed by atoms with van der Waals surface area (Å²) in [5.41, 5.74) is 1.90. The van der Waals surface area contributed by atoms with Gasteiger partial charge in [-0.25, -0.2) is 24.1 Å². The van der Waals surface area contributed by atoms with Gasteiger partial charge in [-0.2, -0.15) is 20.2 Å². The minimum atomic E-state index is -1.05. The lowest BCUT2D eigenvalue weighted by Crippen LogP contribution is -2.55. The van der Waals surface area contributed by atoms with Crippen molar-refractivity contribution in [3.05, 3.63) is 48.3 Å². The normalized spacial score (nSPS) is 19.0. The fourth-order valence-corrected chi connectivity index (χ4v) is 8.21. The summed E-state index contributed by atoms with van der Waals surface area (Å²) in [6, 6.07) is 0.118. The van der Waals surface area contributed by atoms with Crippen LogP contribution in [0.25, 0.3) is 11.9 Å². The minimum absolute atomic E-state index is 0. The van der Waals surface area contributed by atoms with E-state index in [-0.39, 0.29) is 54.2 Å². The molecule has 0 radical (unpaired) electrons. The number of aromatic carboxylic acids is 1. The summed E-state index contributed by atoms with van der Waals surface area (Å²) in [6.45, 7) is 4.05. The van der Waals surface area contributed by atoms with Crippen LogP contribution < -0.4 is 24.9 Å². The number of aromatic nitrogens is 8. The number of amides is 3. The summed E-state index contributed by atoms with van der Waals surface area (Å²) in [7, 11) is 5.10. The first-order valence-electron chi connectivity index (χ1n) is 19.5. The predicted molar refractivity (Wildman–Crippen MR) is 226 cm³/mol. The molecule has 2 saturated carbocycles. The highest BCUT2D eigenvalue weighted by Gasteiger charge is 2.43. The van der Waals surface area contributed by atoms with E-state index in [1.807, 2.05) is 13.8 Å². The number of carbonyl (C=O) groups excluding carboxylic acids is 3. The number of carbonyl (C=O) groups is 4. The highest BCUT2D eigenvalue weighted by molar-refractivity contribution is 6.40. The molecule has 6 heterocycles. The molecule has 4 aromatic heterocycles. The summed E-state index contributed by atoms with van der Waals surface area (Å²) < 4.78 is 2.85. The highest BCUT2D eigenvalue weighted by atomic mass is 35.5. The van der Waals surface area contributed by atoms with Gasteiger partial charge in [0.2, 0.25) is 11.8 Å². The smallest absolute Gasteiger partial charge is 0.338 e. The Morgan fingerprint density at radius 2 is 1.12 bits per heavy atom. The first-order valence-corrected chi connectivity index (χ1v) is 20.6. The maximum absolute atomic E-state index is 12.9. The van der Waals surface area contributed by atoms with E-state index in [0.717, 1.165) is 50.8 Å². The monoisotopic (exact) mass is 853 g/mol. The number of nitrogens with zero attached hydrogens (tertiary/aromatic N) is 12. The quantitative estimate of drug-likeness (QED) is 0.212. The second kappa shape index (κ2) is 19.6. The molecular weight excluding hydrogens is 801 g/mol. The van der Waals surface area contributed by atoms with Crippen molar-refractivity contribution in [1.82, 2.24) is 44.8 Å². The van der Waals surface area contributed by atoms with Gasteiger partial charge in [-0.3, -0.25) is 14.4 Å². The Bertz CT molecular complexity index is 2120. The number of rotatable bonds is 8. The lowest BCUT2D eigenvalue weighted by atomic mass is 10.0. The van der Waals surface area contributed by atoms with Crippen LogP contribution in [-0.4, -0.2) is 119 Å². The number of hydrogen-bond acceptors (Lipinski definition) is 12. The van der Waals surface area contributed by atoms with Gasteiger partial charge in [-0.15, -0.1) is 23.2 Å². The number of halogens is 2. The molecule has 0 bridgehead atoms. The zero-order valence-electron chi connectivity index (χ0n) is 33.3. The van der Waals surface area contributed by atoms with Gasteiger partial charge in [0.25, 0.3) is 17.8 Å². The van der Waals surface area contributed by atoms with Crippen LogP contribution in [0.3, 0.4) is 0 Å². The number of fused-ring (bicyclic) bond motifs is 2. The van der Waals surface area contributed by atoms with Gasteiger partial charge in [-0.1, -0.05) is 47.0 Å². The zero-order valence-corrected chi connectivity index (χ0v) is 34.8. The molecule has 4 aliphatic rings. The molecule has 318 valence electrons. The molecule has 59 heavy (non-hydrogen) atoms. The molecule has 2 N–H and O–H groups in total. The first kappa shape index (κ1) is 44.7. The fraction of sp³-hybridized carbons (Fsp3) is 0.538. The van der Waals surface area contributed by atoms with E-state index in [0.29, 0.717) is 47.1 Å². The number of likely N-dealkylation sites (N-methyl/N-ethyl adjacent to an activating group) is 2. The largest absolute Gasteiger partial charge is 0.478 e.